The summed E-state index contributed by atoms with van der Waals surface area (Å²) >= 11 is 1.16. The predicted octanol–water partition coefficient (Wildman–Crippen LogP) is 5.58. The topological polar surface area (TPSA) is 206 Å². The van der Waals surface area contributed by atoms with E-state index in [1.807, 2.05) is 39.6 Å². The Kier molecular flexibility index (Phi) is 20.7. The van der Waals surface area contributed by atoms with Crippen LogP contribution >= 0.6 is 11.3 Å². The van der Waals surface area contributed by atoms with Crippen LogP contribution in [0.4, 0.5) is 0 Å². The molecule has 1 aromatic carbocycles. The van der Waals surface area contributed by atoms with Crippen LogP contribution in [0.25, 0.3) is 0 Å². The molecule has 1 aromatic heterocycles. The number of nitrogens with one attached hydrogen (secondary N) is 3. The summed E-state index contributed by atoms with van der Waals surface area (Å²) in [6.07, 6.45) is 6.89. The Morgan fingerprint density at radius 1 is 1.02 bits per heavy atom. The van der Waals surface area contributed by atoms with E-state index in [-0.39, 0.29) is 66.5 Å². The number of aromatic nitrogens is 1. The molecule has 7 atom stereocenters. The highest BCUT2D eigenvalue weighted by molar-refractivity contribution is 7.09. The van der Waals surface area contributed by atoms with Crippen molar-refractivity contribution < 1.29 is 38.7 Å². The average Bonchev–Trinajstić information content (AvgIpc) is 3.71. The van der Waals surface area contributed by atoms with Crippen molar-refractivity contribution in [3.63, 3.8) is 0 Å². The number of unbranched alkanes of at least 4 members (excludes halogenated alkanes) is 3. The molecule has 4 amide bonds. The van der Waals surface area contributed by atoms with Gasteiger partial charge in [-0.3, -0.25) is 39.1 Å². The Bertz CT molecular complexity index is 1640. The van der Waals surface area contributed by atoms with E-state index >= 15 is 0 Å². The third-order valence-corrected chi connectivity index (χ3v) is 12.1. The van der Waals surface area contributed by atoms with Crippen LogP contribution in [-0.2, 0) is 35.2 Å². The maximum Gasteiger partial charge on any atom is 0.303 e. The number of piperidine rings is 1. The van der Waals surface area contributed by atoms with E-state index in [4.69, 9.17) is 15.4 Å². The molecule has 2 aromatic rings. The smallest absolute Gasteiger partial charge is 0.303 e. The van der Waals surface area contributed by atoms with E-state index in [0.29, 0.717) is 17.8 Å². The molecule has 1 aliphatic rings. The van der Waals surface area contributed by atoms with E-state index in [0.717, 1.165) is 68.4 Å². The molecule has 3 rings (SSSR count). The first-order valence-corrected chi connectivity index (χ1v) is 22.2. The van der Waals surface area contributed by atoms with Crippen LogP contribution in [0.2, 0.25) is 0 Å². The van der Waals surface area contributed by atoms with Gasteiger partial charge < -0.3 is 20.5 Å². The number of benzene rings is 1. The molecule has 330 valence electrons. The lowest BCUT2D eigenvalue weighted by atomic mass is 9.93. The number of esters is 1. The third-order valence-electron chi connectivity index (χ3n) is 11.1. The number of amides is 4. The maximum atomic E-state index is 14.8. The number of aromatic hydroxyl groups is 1. The number of ether oxygens (including phenoxy) is 1. The molecule has 15 nitrogen and oxygen atoms in total. The molecule has 59 heavy (non-hydrogen) atoms. The summed E-state index contributed by atoms with van der Waals surface area (Å²) in [4.78, 5) is 80.2. The maximum absolute atomic E-state index is 14.8. The minimum absolute atomic E-state index is 0.0993. The van der Waals surface area contributed by atoms with Gasteiger partial charge in [0, 0.05) is 30.7 Å². The average molecular weight is 844 g/mol. The lowest BCUT2D eigenvalue weighted by Crippen LogP contribution is -2.58. The normalized spacial score (nSPS) is 17.6. The highest BCUT2D eigenvalue weighted by Crippen LogP contribution is 2.32. The monoisotopic (exact) mass is 843 g/mol. The minimum Gasteiger partial charge on any atom is -0.508 e. The number of hydrogen-bond donors (Lipinski definition) is 5. The second kappa shape index (κ2) is 24.8. The summed E-state index contributed by atoms with van der Waals surface area (Å²) in [5.41, 5.74) is 3.10. The highest BCUT2D eigenvalue weighted by Gasteiger charge is 2.40. The second-order valence-corrected chi connectivity index (χ2v) is 17.2. The lowest BCUT2D eigenvalue weighted by molar-refractivity contribution is -0.213. The van der Waals surface area contributed by atoms with Gasteiger partial charge in [-0.05, 0) is 75.2 Å². The second-order valence-electron chi connectivity index (χ2n) is 16.3. The fraction of sp³-hybridized carbons (Fsp3) is 0.674. The van der Waals surface area contributed by atoms with Crippen LogP contribution in [0.3, 0.4) is 0 Å². The number of hydroxylamine groups is 2. The number of likely N-dealkylation sites (tertiary alicyclic amines) is 1. The molecule has 0 saturated carbocycles. The third kappa shape index (κ3) is 15.5. The number of phenols is 1. The van der Waals surface area contributed by atoms with Gasteiger partial charge in [-0.1, -0.05) is 85.8 Å². The SMILES string of the molecule is CCCCCCON(C(=O)[C@@H](NC(=O)[C@H]1CCCCN1C)[C@@H](C)CC)[C@H](C[C@@H](OC(C)=O)c1nc(C(=O)N[C@@H](Cc2ccc(O)cc2)C[C@H](C)C(=O)NN)cs1)C(C)C. The summed E-state index contributed by atoms with van der Waals surface area (Å²) < 4.78 is 5.88. The number of hydrogen-bond acceptors (Lipinski definition) is 12. The van der Waals surface area contributed by atoms with Crippen LogP contribution in [0.5, 0.6) is 5.75 Å². The zero-order chi connectivity index (χ0) is 43.6. The van der Waals surface area contributed by atoms with Gasteiger partial charge in [0.2, 0.25) is 11.8 Å². The van der Waals surface area contributed by atoms with Gasteiger partial charge in [-0.2, -0.15) is 0 Å². The number of thiazole rings is 1. The highest BCUT2D eigenvalue weighted by atomic mass is 32.1. The van der Waals surface area contributed by atoms with Gasteiger partial charge in [0.1, 0.15) is 22.5 Å². The summed E-state index contributed by atoms with van der Waals surface area (Å²) in [6.45, 7) is 14.1. The van der Waals surface area contributed by atoms with Crippen molar-refractivity contribution in [1.29, 1.82) is 0 Å². The summed E-state index contributed by atoms with van der Waals surface area (Å²) in [7, 11) is 1.94. The van der Waals surface area contributed by atoms with E-state index < -0.39 is 42.0 Å². The van der Waals surface area contributed by atoms with Gasteiger partial charge in [-0.25, -0.2) is 15.9 Å². The first-order valence-electron chi connectivity index (χ1n) is 21.3. The quantitative estimate of drug-likeness (QED) is 0.0290. The molecule has 0 bridgehead atoms. The molecule has 1 fully saturated rings. The Morgan fingerprint density at radius 3 is 2.34 bits per heavy atom. The first-order chi connectivity index (χ1) is 28.1. The largest absolute Gasteiger partial charge is 0.508 e. The minimum atomic E-state index is -0.931. The lowest BCUT2D eigenvalue weighted by Gasteiger charge is -2.39. The fourth-order valence-corrected chi connectivity index (χ4v) is 8.17. The van der Waals surface area contributed by atoms with Crippen LogP contribution < -0.4 is 21.9 Å². The van der Waals surface area contributed by atoms with E-state index in [1.165, 1.54) is 12.0 Å². The molecule has 0 aliphatic carbocycles. The molecular formula is C43H69N7O8S. The fourth-order valence-electron chi connectivity index (χ4n) is 7.33. The number of likely N-dealkylation sites (N-methyl/N-ethyl adjacent to an activating group) is 1. The molecule has 2 heterocycles. The molecule has 16 heteroatoms. The Balaban J connectivity index is 1.93. The van der Waals surface area contributed by atoms with Gasteiger partial charge >= 0.3 is 5.97 Å². The van der Waals surface area contributed by atoms with E-state index in [9.17, 15) is 29.1 Å². The molecule has 0 spiro atoms. The standard InChI is InChI=1S/C43H69N7O8S/c1-9-11-12-15-22-57-50(43(56)38(28(5)10-2)47-41(55)35-16-13-14-21-49(35)8)36(27(3)4)25-37(58-30(7)51)42-46-34(26-59-42)40(54)45-32(23-29(6)39(53)48-44)24-31-17-19-33(52)20-18-31/h17-20,26-29,32,35-38,52H,9-16,21-25,44H2,1-8H3,(H,45,54)(H,47,55)(H,48,53)/t28-,29-,32+,35+,36+,37+,38-/m0/s1. The van der Waals surface area contributed by atoms with Gasteiger partial charge in [0.05, 0.1) is 18.7 Å². The summed E-state index contributed by atoms with van der Waals surface area (Å²) in [5, 5.41) is 19.2. The van der Waals surface area contributed by atoms with Crippen molar-refractivity contribution in [2.24, 2.45) is 23.6 Å². The number of nitrogens with two attached hydrogens (primary N) is 1. The number of phenolic OH excluding ortho intramolecular Hbond substituents is 1. The van der Waals surface area contributed by atoms with Crippen molar-refractivity contribution in [2.45, 2.75) is 149 Å². The summed E-state index contributed by atoms with van der Waals surface area (Å²) in [5.74, 6) is 2.64. The van der Waals surface area contributed by atoms with Crippen LogP contribution in [-0.4, -0.2) is 94.0 Å². The van der Waals surface area contributed by atoms with Crippen molar-refractivity contribution >= 4 is 40.9 Å². The zero-order valence-corrected chi connectivity index (χ0v) is 37.1. The van der Waals surface area contributed by atoms with E-state index in [2.05, 4.69) is 28.0 Å². The molecule has 0 unspecified atom stereocenters. The van der Waals surface area contributed by atoms with Gasteiger partial charge in [0.15, 0.2) is 6.10 Å². The number of carbonyl (C=O) groups is 5. The Hall–Kier alpha value is -4.12. The molecule has 0 radical (unpaired) electrons. The number of hydrazine groups is 1. The summed E-state index contributed by atoms with van der Waals surface area (Å²) in [6, 6.07) is 4.32. The molecule has 1 aliphatic heterocycles. The van der Waals surface area contributed by atoms with Gasteiger partial charge in [0.25, 0.3) is 11.8 Å². The predicted molar refractivity (Wildman–Crippen MR) is 228 cm³/mol. The molecular weight excluding hydrogens is 775 g/mol. The van der Waals surface area contributed by atoms with Crippen molar-refractivity contribution in [3.8, 4) is 5.75 Å². The van der Waals surface area contributed by atoms with Crippen molar-refractivity contribution in [3.05, 3.63) is 45.9 Å². The number of rotatable bonds is 24. The van der Waals surface area contributed by atoms with Crippen LogP contribution in [0.15, 0.2) is 29.6 Å². The number of carbonyl (C=O) groups excluding carboxylic acids is 5. The number of nitrogens with zero attached hydrogens (tertiary/aromatic N) is 3. The Labute approximate surface area is 354 Å². The van der Waals surface area contributed by atoms with E-state index in [1.54, 1.807) is 36.6 Å². The first kappa shape index (κ1) is 49.2. The van der Waals surface area contributed by atoms with Crippen LogP contribution in [0, 0.1) is 17.8 Å². The molecule has 6 N–H and O–H groups in total. The zero-order valence-electron chi connectivity index (χ0n) is 36.3. The van der Waals surface area contributed by atoms with Gasteiger partial charge in [-0.15, -0.1) is 11.3 Å². The Morgan fingerprint density at radius 2 is 1.73 bits per heavy atom. The molecule has 1 saturated heterocycles. The van der Waals surface area contributed by atoms with Crippen LogP contribution in [0.1, 0.15) is 140 Å². The van der Waals surface area contributed by atoms with Crippen molar-refractivity contribution in [2.75, 3.05) is 20.2 Å². The van der Waals surface area contributed by atoms with Crippen molar-refractivity contribution in [1.82, 2.24) is 31.0 Å².